The lowest BCUT2D eigenvalue weighted by Crippen LogP contribution is -2.30. The van der Waals surface area contributed by atoms with Gasteiger partial charge in [-0.15, -0.1) is 11.3 Å². The number of nitrogens with two attached hydrogens (primary N) is 1. The smallest absolute Gasteiger partial charge is 0.282 e. The number of thiophene rings is 1. The van der Waals surface area contributed by atoms with E-state index in [2.05, 4.69) is 10.3 Å². The maximum atomic E-state index is 12.9. The number of amides is 1. The number of nitrogens with zero attached hydrogens (tertiary/aromatic N) is 3. The monoisotopic (exact) mass is 433 g/mol. The van der Waals surface area contributed by atoms with E-state index in [1.807, 2.05) is 41.8 Å². The van der Waals surface area contributed by atoms with Crippen LogP contribution in [0.5, 0.6) is 0 Å². The lowest BCUT2D eigenvalue weighted by molar-refractivity contribution is -0.113. The summed E-state index contributed by atoms with van der Waals surface area (Å²) in [4.78, 5) is 30.2. The molecule has 9 heteroatoms. The highest BCUT2D eigenvalue weighted by Crippen LogP contribution is 2.31. The summed E-state index contributed by atoms with van der Waals surface area (Å²) in [5.41, 5.74) is 2.46. The molecule has 1 amide bonds. The van der Waals surface area contributed by atoms with Crippen molar-refractivity contribution in [3.63, 3.8) is 0 Å². The van der Waals surface area contributed by atoms with Crippen molar-refractivity contribution in [3.8, 4) is 17.2 Å². The number of benzene rings is 2. The molecule has 0 atom stereocenters. The second-order valence-corrected chi connectivity index (χ2v) is 8.09. The summed E-state index contributed by atoms with van der Waals surface area (Å²) >= 11 is 2.45. The standard InChI is InChI=1S/C21H15N5O2S2/c22-10-13-6-8-15(9-7-13)24-17(27)12-30-21-25-19-18(20(28)26(21)23)16(11-29-19)14-4-2-1-3-5-14/h1-9,11H,12,23H2,(H,24,27). The van der Waals surface area contributed by atoms with Crippen LogP contribution in [-0.4, -0.2) is 21.3 Å². The van der Waals surface area contributed by atoms with E-state index < -0.39 is 0 Å². The highest BCUT2D eigenvalue weighted by molar-refractivity contribution is 7.99. The predicted octanol–water partition coefficient (Wildman–Crippen LogP) is 3.44. The van der Waals surface area contributed by atoms with E-state index in [0.29, 0.717) is 21.5 Å². The van der Waals surface area contributed by atoms with Crippen LogP contribution in [0, 0.1) is 11.3 Å². The van der Waals surface area contributed by atoms with Gasteiger partial charge in [-0.2, -0.15) is 5.26 Å². The molecule has 148 valence electrons. The Morgan fingerprint density at radius 1 is 1.20 bits per heavy atom. The molecule has 0 fully saturated rings. The van der Waals surface area contributed by atoms with Crippen molar-refractivity contribution < 1.29 is 4.79 Å². The Kier molecular flexibility index (Phi) is 5.52. The van der Waals surface area contributed by atoms with E-state index in [4.69, 9.17) is 11.1 Å². The quantitative estimate of drug-likeness (QED) is 0.283. The molecule has 0 aliphatic carbocycles. The zero-order chi connectivity index (χ0) is 21.1. The predicted molar refractivity (Wildman–Crippen MR) is 120 cm³/mol. The van der Waals surface area contributed by atoms with Gasteiger partial charge in [-0.1, -0.05) is 42.1 Å². The Labute approximate surface area is 179 Å². The highest BCUT2D eigenvalue weighted by atomic mass is 32.2. The third-order valence-electron chi connectivity index (χ3n) is 4.32. The van der Waals surface area contributed by atoms with Gasteiger partial charge in [-0.05, 0) is 29.8 Å². The number of hydrogen-bond acceptors (Lipinski definition) is 7. The Balaban J connectivity index is 1.53. The van der Waals surface area contributed by atoms with Crippen LogP contribution in [-0.2, 0) is 4.79 Å². The fourth-order valence-electron chi connectivity index (χ4n) is 2.87. The Morgan fingerprint density at radius 2 is 1.93 bits per heavy atom. The normalized spacial score (nSPS) is 10.6. The average molecular weight is 434 g/mol. The lowest BCUT2D eigenvalue weighted by atomic mass is 10.1. The molecule has 0 aliphatic rings. The van der Waals surface area contributed by atoms with Crippen LogP contribution in [0.3, 0.4) is 0 Å². The van der Waals surface area contributed by atoms with Gasteiger partial charge in [0.15, 0.2) is 5.16 Å². The van der Waals surface area contributed by atoms with E-state index in [9.17, 15) is 9.59 Å². The van der Waals surface area contributed by atoms with Crippen molar-refractivity contribution in [3.05, 3.63) is 75.9 Å². The summed E-state index contributed by atoms with van der Waals surface area (Å²) in [7, 11) is 0. The molecule has 3 N–H and O–H groups in total. The number of carbonyl (C=O) groups excluding carboxylic acids is 1. The third kappa shape index (κ3) is 3.91. The number of aromatic nitrogens is 2. The van der Waals surface area contributed by atoms with Crippen LogP contribution in [0.2, 0.25) is 0 Å². The topological polar surface area (TPSA) is 114 Å². The summed E-state index contributed by atoms with van der Waals surface area (Å²) in [6, 6.07) is 18.2. The summed E-state index contributed by atoms with van der Waals surface area (Å²) in [5.74, 6) is 5.75. The van der Waals surface area contributed by atoms with Crippen molar-refractivity contribution in [2.75, 3.05) is 16.9 Å². The first-order chi connectivity index (χ1) is 14.6. The fraction of sp³-hybridized carbons (Fsp3) is 0.0476. The number of anilines is 1. The molecular weight excluding hydrogens is 418 g/mol. The second-order valence-electron chi connectivity index (χ2n) is 6.29. The van der Waals surface area contributed by atoms with E-state index in [1.165, 1.54) is 11.3 Å². The van der Waals surface area contributed by atoms with Crippen LogP contribution < -0.4 is 16.7 Å². The number of thioether (sulfide) groups is 1. The fourth-order valence-corrected chi connectivity index (χ4v) is 4.58. The molecular formula is C21H15N5O2S2. The minimum Gasteiger partial charge on any atom is -0.334 e. The number of nitriles is 1. The molecule has 0 saturated heterocycles. The van der Waals surface area contributed by atoms with Gasteiger partial charge in [0.05, 0.1) is 22.8 Å². The van der Waals surface area contributed by atoms with Gasteiger partial charge in [0.25, 0.3) is 5.56 Å². The van der Waals surface area contributed by atoms with Crippen LogP contribution in [0.1, 0.15) is 5.56 Å². The maximum absolute atomic E-state index is 12.9. The molecule has 2 aromatic heterocycles. The van der Waals surface area contributed by atoms with Crippen LogP contribution in [0.15, 0.2) is 69.9 Å². The number of hydrogen-bond donors (Lipinski definition) is 2. The molecule has 4 aromatic rings. The van der Waals surface area contributed by atoms with Crippen LogP contribution in [0.4, 0.5) is 5.69 Å². The van der Waals surface area contributed by atoms with Crippen LogP contribution >= 0.6 is 23.1 Å². The summed E-state index contributed by atoms with van der Waals surface area (Å²) in [5, 5.41) is 14.2. The molecule has 0 aliphatic heterocycles. The number of nitrogen functional groups attached to an aromatic ring is 1. The zero-order valence-corrected chi connectivity index (χ0v) is 17.2. The third-order valence-corrected chi connectivity index (χ3v) is 6.15. The van der Waals surface area contributed by atoms with Crippen molar-refractivity contribution in [2.45, 2.75) is 5.16 Å². The molecule has 2 heterocycles. The van der Waals surface area contributed by atoms with Gasteiger partial charge in [0.1, 0.15) is 4.83 Å². The van der Waals surface area contributed by atoms with Crippen molar-refractivity contribution >= 4 is 44.9 Å². The number of carbonyl (C=O) groups is 1. The van der Waals surface area contributed by atoms with Gasteiger partial charge >= 0.3 is 0 Å². The molecule has 0 bridgehead atoms. The van der Waals surface area contributed by atoms with E-state index >= 15 is 0 Å². The Morgan fingerprint density at radius 3 is 2.63 bits per heavy atom. The SMILES string of the molecule is N#Cc1ccc(NC(=O)CSc2nc3scc(-c4ccccc4)c3c(=O)n2N)cc1. The Hall–Kier alpha value is -3.61. The summed E-state index contributed by atoms with van der Waals surface area (Å²) < 4.78 is 0.987. The number of nitrogens with one attached hydrogen (secondary N) is 1. The molecule has 0 radical (unpaired) electrons. The molecule has 0 saturated carbocycles. The number of rotatable bonds is 5. The average Bonchev–Trinajstić information content (AvgIpc) is 3.20. The van der Waals surface area contributed by atoms with E-state index in [1.54, 1.807) is 24.3 Å². The Bertz CT molecular complexity index is 1320. The second kappa shape index (κ2) is 8.41. The van der Waals surface area contributed by atoms with Crippen molar-refractivity contribution in [1.82, 2.24) is 9.66 Å². The maximum Gasteiger partial charge on any atom is 0.282 e. The minimum absolute atomic E-state index is 0.0338. The lowest BCUT2D eigenvalue weighted by Gasteiger charge is -2.08. The van der Waals surface area contributed by atoms with Gasteiger partial charge in [0.2, 0.25) is 5.91 Å². The molecule has 4 rings (SSSR count). The molecule has 0 spiro atoms. The van der Waals surface area contributed by atoms with E-state index in [-0.39, 0.29) is 22.4 Å². The van der Waals surface area contributed by atoms with Gasteiger partial charge < -0.3 is 11.2 Å². The summed E-state index contributed by atoms with van der Waals surface area (Å²) in [6.45, 7) is 0. The van der Waals surface area contributed by atoms with E-state index in [0.717, 1.165) is 27.6 Å². The molecule has 7 nitrogen and oxygen atoms in total. The highest BCUT2D eigenvalue weighted by Gasteiger charge is 2.17. The van der Waals surface area contributed by atoms with Crippen LogP contribution in [0.25, 0.3) is 21.3 Å². The zero-order valence-electron chi connectivity index (χ0n) is 15.5. The van der Waals surface area contributed by atoms with Gasteiger partial charge in [-0.25, -0.2) is 9.66 Å². The molecule has 0 unspecified atom stereocenters. The number of fused-ring (bicyclic) bond motifs is 1. The van der Waals surface area contributed by atoms with Crippen molar-refractivity contribution in [2.24, 2.45) is 0 Å². The molecule has 2 aromatic carbocycles. The largest absolute Gasteiger partial charge is 0.334 e. The molecule has 30 heavy (non-hydrogen) atoms. The first-order valence-electron chi connectivity index (χ1n) is 8.84. The summed E-state index contributed by atoms with van der Waals surface area (Å²) in [6.07, 6.45) is 0. The van der Waals surface area contributed by atoms with Gasteiger partial charge in [-0.3, -0.25) is 9.59 Å². The van der Waals surface area contributed by atoms with Crippen molar-refractivity contribution in [1.29, 1.82) is 5.26 Å². The van der Waals surface area contributed by atoms with Gasteiger partial charge in [0, 0.05) is 16.6 Å². The first kappa shape index (κ1) is 19.7. The minimum atomic E-state index is -0.352. The first-order valence-corrected chi connectivity index (χ1v) is 10.7.